The zero-order valence-electron chi connectivity index (χ0n) is 15.8. The van der Waals surface area contributed by atoms with E-state index in [1.807, 2.05) is 0 Å². The van der Waals surface area contributed by atoms with Gasteiger partial charge in [-0.3, -0.25) is 9.59 Å². The maximum absolute atomic E-state index is 14.1. The van der Waals surface area contributed by atoms with E-state index in [1.165, 1.54) is 4.90 Å². The van der Waals surface area contributed by atoms with Crippen LogP contribution in [0.25, 0.3) is 0 Å². The number of fused-ring (bicyclic) bond motifs is 1. The smallest absolute Gasteiger partial charge is 0.260 e. The summed E-state index contributed by atoms with van der Waals surface area (Å²) < 4.78 is 54.3. The lowest BCUT2D eigenvalue weighted by atomic mass is 10.0. The summed E-state index contributed by atoms with van der Waals surface area (Å²) in [5.74, 6) is -3.95. The fraction of sp³-hybridized carbons (Fsp3) is 0.600. The summed E-state index contributed by atoms with van der Waals surface area (Å²) in [6.07, 6.45) is 1.06. The van der Waals surface area contributed by atoms with Crippen LogP contribution in [0, 0.1) is 23.4 Å². The second-order valence-electron chi connectivity index (χ2n) is 8.40. The quantitative estimate of drug-likeness (QED) is 0.593. The van der Waals surface area contributed by atoms with E-state index in [4.69, 9.17) is 5.73 Å². The largest absolute Gasteiger partial charge is 0.338 e. The topological polar surface area (TPSA) is 66.6 Å². The van der Waals surface area contributed by atoms with Crippen molar-refractivity contribution in [3.05, 3.63) is 35.1 Å². The molecule has 1 aromatic rings. The summed E-state index contributed by atoms with van der Waals surface area (Å²) in [6, 6.07) is 0.291. The van der Waals surface area contributed by atoms with E-state index in [0.717, 1.165) is 12.5 Å². The van der Waals surface area contributed by atoms with Gasteiger partial charge in [0.2, 0.25) is 5.91 Å². The van der Waals surface area contributed by atoms with Gasteiger partial charge in [0.15, 0.2) is 17.3 Å². The SMILES string of the molecule is N[C@@H](CC(=O)N1CC[C@H]2CN(C(=O)C3(F)CC3)C[C@H]21)Cc1cc(F)c(F)cc1F. The zero-order valence-corrected chi connectivity index (χ0v) is 15.8. The molecule has 29 heavy (non-hydrogen) atoms. The van der Waals surface area contributed by atoms with Crippen molar-refractivity contribution in [1.29, 1.82) is 0 Å². The normalized spacial score (nSPS) is 25.8. The van der Waals surface area contributed by atoms with Gasteiger partial charge in [0.1, 0.15) is 5.82 Å². The molecular weight excluding hydrogens is 390 g/mol. The Morgan fingerprint density at radius 2 is 1.83 bits per heavy atom. The van der Waals surface area contributed by atoms with E-state index < -0.39 is 35.1 Å². The van der Waals surface area contributed by atoms with Crippen molar-refractivity contribution in [2.75, 3.05) is 19.6 Å². The average Bonchev–Trinajstić information content (AvgIpc) is 3.09. The number of likely N-dealkylation sites (tertiary alicyclic amines) is 2. The number of carbonyl (C=O) groups excluding carboxylic acids is 2. The molecule has 2 heterocycles. The average molecular weight is 413 g/mol. The molecule has 0 aromatic heterocycles. The lowest BCUT2D eigenvalue weighted by Gasteiger charge is -2.26. The number of carbonyl (C=O) groups is 2. The first kappa shape index (κ1) is 20.1. The Morgan fingerprint density at radius 3 is 2.52 bits per heavy atom. The van der Waals surface area contributed by atoms with Gasteiger partial charge in [0, 0.05) is 44.1 Å². The number of hydrogen-bond acceptors (Lipinski definition) is 3. The molecular formula is C20H23F4N3O2. The van der Waals surface area contributed by atoms with Crippen molar-refractivity contribution in [2.45, 2.75) is 49.9 Å². The molecule has 3 fully saturated rings. The number of nitrogens with zero attached hydrogens (tertiary/aromatic N) is 2. The molecule has 0 radical (unpaired) electrons. The van der Waals surface area contributed by atoms with Crippen LogP contribution in [0.5, 0.6) is 0 Å². The maximum atomic E-state index is 14.1. The number of benzene rings is 1. The van der Waals surface area contributed by atoms with Crippen LogP contribution in [0.15, 0.2) is 12.1 Å². The molecule has 2 aliphatic heterocycles. The lowest BCUT2D eigenvalue weighted by Crippen LogP contribution is -2.44. The second-order valence-corrected chi connectivity index (χ2v) is 8.40. The Labute approximate surface area is 165 Å². The van der Waals surface area contributed by atoms with Crippen LogP contribution in [0.1, 0.15) is 31.2 Å². The molecule has 158 valence electrons. The lowest BCUT2D eigenvalue weighted by molar-refractivity contribution is -0.138. The molecule has 9 heteroatoms. The molecule has 2 N–H and O–H groups in total. The van der Waals surface area contributed by atoms with E-state index in [9.17, 15) is 27.2 Å². The highest BCUT2D eigenvalue weighted by Gasteiger charge is 2.55. The number of alkyl halides is 1. The Morgan fingerprint density at radius 1 is 1.14 bits per heavy atom. The molecule has 1 aromatic carbocycles. The van der Waals surface area contributed by atoms with Gasteiger partial charge in [-0.2, -0.15) is 0 Å². The van der Waals surface area contributed by atoms with E-state index >= 15 is 0 Å². The third kappa shape index (κ3) is 3.84. The van der Waals surface area contributed by atoms with Crippen molar-refractivity contribution in [1.82, 2.24) is 9.80 Å². The number of rotatable bonds is 5. The van der Waals surface area contributed by atoms with Gasteiger partial charge in [-0.05, 0) is 37.3 Å². The second kappa shape index (κ2) is 7.27. The van der Waals surface area contributed by atoms with Gasteiger partial charge < -0.3 is 15.5 Å². The standard InChI is InChI=1S/C20H23F4N3O2/c21-14-8-16(23)15(22)6-12(14)5-13(25)7-18(28)27-4-1-11-9-26(10-17(11)27)19(29)20(24)2-3-20/h6,8,11,13,17H,1-5,7,9-10,25H2/t11-,13+,17+/m0/s1. The highest BCUT2D eigenvalue weighted by Crippen LogP contribution is 2.43. The minimum Gasteiger partial charge on any atom is -0.338 e. The summed E-state index contributed by atoms with van der Waals surface area (Å²) in [4.78, 5) is 28.1. The van der Waals surface area contributed by atoms with Crippen LogP contribution in [0.2, 0.25) is 0 Å². The first-order valence-corrected chi connectivity index (χ1v) is 9.85. The van der Waals surface area contributed by atoms with Gasteiger partial charge >= 0.3 is 0 Å². The highest BCUT2D eigenvalue weighted by atomic mass is 19.2. The molecule has 2 saturated heterocycles. The third-order valence-corrected chi connectivity index (χ3v) is 6.24. The van der Waals surface area contributed by atoms with Crippen LogP contribution < -0.4 is 5.73 Å². The molecule has 1 aliphatic carbocycles. The summed E-state index contributed by atoms with van der Waals surface area (Å²) in [5, 5.41) is 0. The first-order valence-electron chi connectivity index (χ1n) is 9.85. The fourth-order valence-electron chi connectivity index (χ4n) is 4.46. The molecule has 5 nitrogen and oxygen atoms in total. The van der Waals surface area contributed by atoms with Crippen LogP contribution in [-0.2, 0) is 16.0 Å². The van der Waals surface area contributed by atoms with Crippen molar-refractivity contribution < 1.29 is 27.2 Å². The van der Waals surface area contributed by atoms with Crippen LogP contribution in [0.4, 0.5) is 17.6 Å². The number of hydrogen-bond donors (Lipinski definition) is 1. The van der Waals surface area contributed by atoms with Crippen molar-refractivity contribution >= 4 is 11.8 Å². The predicted octanol–water partition coefficient (Wildman–Crippen LogP) is 1.93. The third-order valence-electron chi connectivity index (χ3n) is 6.24. The molecule has 0 bridgehead atoms. The first-order chi connectivity index (χ1) is 13.7. The zero-order chi connectivity index (χ0) is 20.9. The summed E-state index contributed by atoms with van der Waals surface area (Å²) in [7, 11) is 0. The van der Waals surface area contributed by atoms with Gasteiger partial charge in [-0.1, -0.05) is 0 Å². The molecule has 4 rings (SSSR count). The molecule has 3 aliphatic rings. The summed E-state index contributed by atoms with van der Waals surface area (Å²) in [5.41, 5.74) is 4.16. The van der Waals surface area contributed by atoms with Crippen LogP contribution in [-0.4, -0.2) is 59.0 Å². The van der Waals surface area contributed by atoms with Crippen LogP contribution in [0.3, 0.4) is 0 Å². The Hall–Kier alpha value is -2.16. The maximum Gasteiger partial charge on any atom is 0.260 e. The predicted molar refractivity (Wildman–Crippen MR) is 95.9 cm³/mol. The Bertz CT molecular complexity index is 845. The number of halogens is 4. The highest BCUT2D eigenvalue weighted by molar-refractivity contribution is 5.88. The van der Waals surface area contributed by atoms with Gasteiger partial charge in [0.05, 0.1) is 6.04 Å². The molecule has 0 spiro atoms. The van der Waals surface area contributed by atoms with Crippen molar-refractivity contribution in [3.8, 4) is 0 Å². The van der Waals surface area contributed by atoms with Crippen LogP contribution >= 0.6 is 0 Å². The summed E-state index contributed by atoms with van der Waals surface area (Å²) in [6.45, 7) is 1.29. The molecule has 2 amide bonds. The number of nitrogens with two attached hydrogens (primary N) is 1. The van der Waals surface area contributed by atoms with Gasteiger partial charge in [-0.25, -0.2) is 17.6 Å². The van der Waals surface area contributed by atoms with Gasteiger partial charge in [-0.15, -0.1) is 0 Å². The van der Waals surface area contributed by atoms with Crippen molar-refractivity contribution in [2.24, 2.45) is 11.7 Å². The van der Waals surface area contributed by atoms with Crippen molar-refractivity contribution in [3.63, 3.8) is 0 Å². The molecule has 3 atom stereocenters. The van der Waals surface area contributed by atoms with E-state index in [-0.39, 0.29) is 49.1 Å². The fourth-order valence-corrected chi connectivity index (χ4v) is 4.46. The Kier molecular flexibility index (Phi) is 5.04. The summed E-state index contributed by atoms with van der Waals surface area (Å²) >= 11 is 0. The molecule has 1 saturated carbocycles. The van der Waals surface area contributed by atoms with Gasteiger partial charge in [0.25, 0.3) is 5.91 Å². The number of amides is 2. The minimum atomic E-state index is -1.72. The molecule has 0 unspecified atom stereocenters. The van der Waals surface area contributed by atoms with E-state index in [0.29, 0.717) is 25.7 Å². The van der Waals surface area contributed by atoms with E-state index in [1.54, 1.807) is 4.90 Å². The minimum absolute atomic E-state index is 0.0807. The monoisotopic (exact) mass is 413 g/mol. The van der Waals surface area contributed by atoms with E-state index in [2.05, 4.69) is 0 Å². The Balaban J connectivity index is 1.35.